The first-order valence-corrected chi connectivity index (χ1v) is 6.52. The molecule has 0 fully saturated rings. The van der Waals surface area contributed by atoms with Crippen LogP contribution < -0.4 is 4.74 Å². The molecule has 0 aliphatic heterocycles. The van der Waals surface area contributed by atoms with Crippen molar-refractivity contribution >= 4 is 15.9 Å². The molecule has 0 saturated carbocycles. The third kappa shape index (κ3) is 3.52. The van der Waals surface area contributed by atoms with Gasteiger partial charge in [-0.3, -0.25) is 0 Å². The van der Waals surface area contributed by atoms with E-state index >= 15 is 0 Å². The summed E-state index contributed by atoms with van der Waals surface area (Å²) in [5.74, 6) is -0.380. The van der Waals surface area contributed by atoms with Gasteiger partial charge >= 0.3 is 6.18 Å². The molecule has 0 aliphatic rings. The fraction of sp³-hybridized carbons (Fsp3) is 0.143. The number of hydrogen-bond acceptors (Lipinski definition) is 3. The molecule has 2 rings (SSSR count). The van der Waals surface area contributed by atoms with Gasteiger partial charge in [0, 0.05) is 6.20 Å². The lowest BCUT2D eigenvalue weighted by Crippen LogP contribution is -2.08. The van der Waals surface area contributed by atoms with E-state index in [0.29, 0.717) is 4.47 Å². The fourth-order valence-corrected chi connectivity index (χ4v) is 2.15. The molecule has 1 aromatic carbocycles. The molecule has 0 radical (unpaired) electrons. The third-order valence-electron chi connectivity index (χ3n) is 2.56. The summed E-state index contributed by atoms with van der Waals surface area (Å²) >= 11 is 3.19. The van der Waals surface area contributed by atoms with Gasteiger partial charge in [0.25, 0.3) is 0 Å². The smallest absolute Gasteiger partial charge is 0.420 e. The first kappa shape index (κ1) is 15.3. The maximum absolute atomic E-state index is 13.0. The molecule has 0 atom stereocenters. The summed E-state index contributed by atoms with van der Waals surface area (Å²) in [6.07, 6.45) is -3.14. The number of benzene rings is 1. The number of aryl methyl sites for hydroxylation is 1. The molecule has 0 bridgehead atoms. The van der Waals surface area contributed by atoms with Crippen molar-refractivity contribution in [2.45, 2.75) is 13.1 Å². The van der Waals surface area contributed by atoms with Gasteiger partial charge in [0.1, 0.15) is 5.75 Å². The standard InChI is InChI=1S/C14H8BrF3N2O/c1-8-4-11(15)13(20-7-8)21-12-3-2-9(6-19)5-10(12)14(16,17)18/h2-5,7H,1H3. The summed E-state index contributed by atoms with van der Waals surface area (Å²) < 4.78 is 44.7. The molecule has 0 amide bonds. The second-order valence-electron chi connectivity index (χ2n) is 4.22. The van der Waals surface area contributed by atoms with Crippen LogP contribution in [0.25, 0.3) is 0 Å². The minimum Gasteiger partial charge on any atom is -0.437 e. The summed E-state index contributed by atoms with van der Waals surface area (Å²) in [5.41, 5.74) is -0.272. The Kier molecular flexibility index (Phi) is 4.19. The van der Waals surface area contributed by atoms with Crippen LogP contribution in [0.4, 0.5) is 13.2 Å². The van der Waals surface area contributed by atoms with Gasteiger partial charge in [0.05, 0.1) is 21.7 Å². The van der Waals surface area contributed by atoms with Crippen molar-refractivity contribution in [3.05, 3.63) is 51.6 Å². The highest BCUT2D eigenvalue weighted by Crippen LogP contribution is 2.39. The van der Waals surface area contributed by atoms with Crippen LogP contribution in [-0.2, 0) is 6.18 Å². The minimum atomic E-state index is -4.63. The molecule has 0 spiro atoms. The largest absolute Gasteiger partial charge is 0.437 e. The monoisotopic (exact) mass is 356 g/mol. The average molecular weight is 357 g/mol. The number of rotatable bonds is 2. The summed E-state index contributed by atoms with van der Waals surface area (Å²) in [4.78, 5) is 3.94. The van der Waals surface area contributed by atoms with E-state index in [4.69, 9.17) is 10.00 Å². The molecular formula is C14H8BrF3N2O. The van der Waals surface area contributed by atoms with Crippen LogP contribution in [0, 0.1) is 18.3 Å². The SMILES string of the molecule is Cc1cnc(Oc2ccc(C#N)cc2C(F)(F)F)c(Br)c1. The second kappa shape index (κ2) is 5.74. The molecule has 2 aromatic rings. The number of ether oxygens (including phenoxy) is 1. The van der Waals surface area contributed by atoms with Crippen molar-refractivity contribution < 1.29 is 17.9 Å². The molecule has 21 heavy (non-hydrogen) atoms. The van der Waals surface area contributed by atoms with E-state index in [0.717, 1.165) is 17.7 Å². The van der Waals surface area contributed by atoms with Gasteiger partial charge in [-0.2, -0.15) is 18.4 Å². The normalized spacial score (nSPS) is 11.0. The van der Waals surface area contributed by atoms with E-state index in [1.807, 2.05) is 0 Å². The zero-order valence-corrected chi connectivity index (χ0v) is 12.3. The highest BCUT2D eigenvalue weighted by molar-refractivity contribution is 9.10. The van der Waals surface area contributed by atoms with Crippen molar-refractivity contribution in [2.75, 3.05) is 0 Å². The summed E-state index contributed by atoms with van der Waals surface area (Å²) in [5, 5.41) is 8.71. The Bertz CT molecular complexity index is 723. The van der Waals surface area contributed by atoms with Crippen LogP contribution in [0.2, 0.25) is 0 Å². The van der Waals surface area contributed by atoms with Crippen LogP contribution in [-0.4, -0.2) is 4.98 Å². The second-order valence-corrected chi connectivity index (χ2v) is 5.08. The average Bonchev–Trinajstić information content (AvgIpc) is 2.41. The molecule has 1 aromatic heterocycles. The maximum atomic E-state index is 13.0. The highest BCUT2D eigenvalue weighted by Gasteiger charge is 2.35. The first-order chi connectivity index (χ1) is 9.81. The lowest BCUT2D eigenvalue weighted by atomic mass is 10.1. The lowest BCUT2D eigenvalue weighted by molar-refractivity contribution is -0.138. The highest BCUT2D eigenvalue weighted by atomic mass is 79.9. The molecule has 0 saturated heterocycles. The van der Waals surface area contributed by atoms with E-state index in [-0.39, 0.29) is 11.4 Å². The van der Waals surface area contributed by atoms with Crippen molar-refractivity contribution in [3.63, 3.8) is 0 Å². The predicted molar refractivity (Wildman–Crippen MR) is 72.9 cm³/mol. The lowest BCUT2D eigenvalue weighted by Gasteiger charge is -2.14. The molecular weight excluding hydrogens is 349 g/mol. The Balaban J connectivity index is 2.47. The number of hydrogen-bond donors (Lipinski definition) is 0. The fourth-order valence-electron chi connectivity index (χ4n) is 1.61. The molecule has 7 heteroatoms. The van der Waals surface area contributed by atoms with E-state index in [2.05, 4.69) is 20.9 Å². The topological polar surface area (TPSA) is 45.9 Å². The van der Waals surface area contributed by atoms with Crippen LogP contribution in [0.5, 0.6) is 11.6 Å². The van der Waals surface area contributed by atoms with Crippen LogP contribution in [0.3, 0.4) is 0 Å². The Morgan fingerprint density at radius 2 is 2.00 bits per heavy atom. The van der Waals surface area contributed by atoms with Gasteiger partial charge < -0.3 is 4.74 Å². The molecule has 0 unspecified atom stereocenters. The number of halogens is 4. The molecule has 3 nitrogen and oxygen atoms in total. The van der Waals surface area contributed by atoms with Gasteiger partial charge in [-0.05, 0) is 52.7 Å². The zero-order valence-electron chi connectivity index (χ0n) is 10.7. The summed E-state index contributed by atoms with van der Waals surface area (Å²) in [6, 6.07) is 6.46. The molecule has 0 N–H and O–H groups in total. The molecule has 108 valence electrons. The van der Waals surface area contributed by atoms with Crippen molar-refractivity contribution in [1.29, 1.82) is 5.26 Å². The maximum Gasteiger partial charge on any atom is 0.420 e. The van der Waals surface area contributed by atoms with Crippen LogP contribution in [0.15, 0.2) is 34.9 Å². The Morgan fingerprint density at radius 3 is 2.57 bits per heavy atom. The van der Waals surface area contributed by atoms with E-state index in [9.17, 15) is 13.2 Å². The van der Waals surface area contributed by atoms with E-state index in [1.54, 1.807) is 19.1 Å². The molecule has 0 aliphatic carbocycles. The van der Waals surface area contributed by atoms with E-state index < -0.39 is 17.5 Å². The third-order valence-corrected chi connectivity index (χ3v) is 3.13. The Morgan fingerprint density at radius 1 is 1.29 bits per heavy atom. The number of pyridine rings is 1. The van der Waals surface area contributed by atoms with Gasteiger partial charge in [-0.15, -0.1) is 0 Å². The Hall–Kier alpha value is -2.07. The summed E-state index contributed by atoms with van der Waals surface area (Å²) in [6.45, 7) is 1.80. The minimum absolute atomic E-state index is 0.0239. The van der Waals surface area contributed by atoms with Crippen molar-refractivity contribution in [2.24, 2.45) is 0 Å². The number of nitrogens with zero attached hydrogens (tertiary/aromatic N) is 2. The van der Waals surface area contributed by atoms with Crippen molar-refractivity contribution in [1.82, 2.24) is 4.98 Å². The van der Waals surface area contributed by atoms with E-state index in [1.165, 1.54) is 12.3 Å². The number of nitriles is 1. The van der Waals surface area contributed by atoms with Gasteiger partial charge in [0.15, 0.2) is 0 Å². The number of alkyl halides is 3. The van der Waals surface area contributed by atoms with Gasteiger partial charge in [0.2, 0.25) is 5.88 Å². The van der Waals surface area contributed by atoms with Gasteiger partial charge in [-0.1, -0.05) is 0 Å². The first-order valence-electron chi connectivity index (χ1n) is 5.72. The zero-order chi connectivity index (χ0) is 15.6. The van der Waals surface area contributed by atoms with Crippen LogP contribution in [0.1, 0.15) is 16.7 Å². The Labute approximate surface area is 127 Å². The number of aromatic nitrogens is 1. The quantitative estimate of drug-likeness (QED) is 0.773. The van der Waals surface area contributed by atoms with Crippen LogP contribution >= 0.6 is 15.9 Å². The summed E-state index contributed by atoms with van der Waals surface area (Å²) in [7, 11) is 0. The van der Waals surface area contributed by atoms with Crippen molar-refractivity contribution in [3.8, 4) is 17.7 Å². The predicted octanol–water partition coefficient (Wildman–Crippen LogP) is 4.84. The molecule has 1 heterocycles. The van der Waals surface area contributed by atoms with Gasteiger partial charge in [-0.25, -0.2) is 4.98 Å².